The van der Waals surface area contributed by atoms with Crippen LogP contribution in [0.1, 0.15) is 29.2 Å². The molecule has 0 unspecified atom stereocenters. The second-order valence-electron chi connectivity index (χ2n) is 6.91. The van der Waals surface area contributed by atoms with Gasteiger partial charge in [0.1, 0.15) is 15.6 Å². The number of aryl methyl sites for hydroxylation is 1. The first-order chi connectivity index (χ1) is 14.0. The Morgan fingerprint density at radius 2 is 1.83 bits per heavy atom. The summed E-state index contributed by atoms with van der Waals surface area (Å²) in [4.78, 5) is 34.0. The molecule has 1 aromatic carbocycles. The summed E-state index contributed by atoms with van der Waals surface area (Å²) < 4.78 is 5.48. The van der Waals surface area contributed by atoms with Crippen molar-refractivity contribution in [2.45, 2.75) is 20.8 Å². The molecule has 2 amide bonds. The van der Waals surface area contributed by atoms with Crippen molar-refractivity contribution in [1.29, 1.82) is 0 Å². The summed E-state index contributed by atoms with van der Waals surface area (Å²) in [6.45, 7) is 10.0. The molecule has 1 N–H and O–H groups in total. The van der Waals surface area contributed by atoms with Crippen molar-refractivity contribution in [2.75, 3.05) is 45.9 Å². The van der Waals surface area contributed by atoms with Gasteiger partial charge < -0.3 is 15.0 Å². The molecule has 7 nitrogen and oxygen atoms in total. The number of carbonyl (C=O) groups excluding carboxylic acids is 2. The molecule has 1 aromatic heterocycles. The average Bonchev–Trinajstić information content (AvgIpc) is 3.10. The first-order valence-corrected chi connectivity index (χ1v) is 10.8. The van der Waals surface area contributed by atoms with Crippen LogP contribution in [-0.4, -0.2) is 72.5 Å². The maximum Gasteiger partial charge on any atom is 0.265 e. The largest absolute Gasteiger partial charge is 0.494 e. The van der Waals surface area contributed by atoms with Crippen LogP contribution in [-0.2, 0) is 4.79 Å². The van der Waals surface area contributed by atoms with Gasteiger partial charge in [0.2, 0.25) is 5.91 Å². The van der Waals surface area contributed by atoms with Gasteiger partial charge in [0, 0.05) is 38.3 Å². The molecule has 0 bridgehead atoms. The number of hydrogen-bond donors (Lipinski definition) is 1. The number of hydrogen-bond acceptors (Lipinski definition) is 6. The molecule has 0 spiro atoms. The van der Waals surface area contributed by atoms with Crippen molar-refractivity contribution < 1.29 is 14.3 Å². The fourth-order valence-electron chi connectivity index (χ4n) is 3.29. The van der Waals surface area contributed by atoms with Gasteiger partial charge in [0.15, 0.2) is 0 Å². The molecule has 29 heavy (non-hydrogen) atoms. The molecule has 2 heterocycles. The first-order valence-electron chi connectivity index (χ1n) is 10.0. The highest BCUT2D eigenvalue weighted by atomic mass is 32.1. The number of likely N-dealkylation sites (N-methyl/N-ethyl adjacent to an activating group) is 1. The second-order valence-corrected chi connectivity index (χ2v) is 7.91. The van der Waals surface area contributed by atoms with Crippen LogP contribution in [0, 0.1) is 6.92 Å². The lowest BCUT2D eigenvalue weighted by Gasteiger charge is -2.34. The summed E-state index contributed by atoms with van der Waals surface area (Å²) >= 11 is 1.43. The smallest absolute Gasteiger partial charge is 0.265 e. The number of aromatic nitrogens is 1. The van der Waals surface area contributed by atoms with E-state index in [4.69, 9.17) is 4.74 Å². The minimum atomic E-state index is 0.0230. The number of nitrogens with one attached hydrogen (secondary N) is 1. The highest BCUT2D eigenvalue weighted by Crippen LogP contribution is 2.30. The standard InChI is InChI=1S/C21H28N4O3S/c1-4-22-18(26)14-24-10-12-25(13-11-24)21(27)19-15(3)23-20(29-19)16-6-8-17(9-7-16)28-5-2/h6-9H,4-5,10-14H2,1-3H3,(H,22,26). The van der Waals surface area contributed by atoms with Crippen LogP contribution in [0.3, 0.4) is 0 Å². The number of rotatable bonds is 7. The lowest BCUT2D eigenvalue weighted by Crippen LogP contribution is -2.51. The normalized spacial score (nSPS) is 14.7. The quantitative estimate of drug-likeness (QED) is 0.750. The Labute approximate surface area is 175 Å². The number of carbonyl (C=O) groups is 2. The number of nitrogens with zero attached hydrogens (tertiary/aromatic N) is 3. The van der Waals surface area contributed by atoms with Gasteiger partial charge in [0.05, 0.1) is 18.8 Å². The van der Waals surface area contributed by atoms with E-state index in [1.807, 2.05) is 49.9 Å². The highest BCUT2D eigenvalue weighted by molar-refractivity contribution is 7.17. The van der Waals surface area contributed by atoms with Gasteiger partial charge in [-0.3, -0.25) is 14.5 Å². The van der Waals surface area contributed by atoms with E-state index in [0.717, 1.165) is 22.0 Å². The molecule has 0 atom stereocenters. The number of thiazole rings is 1. The third-order valence-corrected chi connectivity index (χ3v) is 6.00. The summed E-state index contributed by atoms with van der Waals surface area (Å²) in [5, 5.41) is 3.65. The Bertz CT molecular complexity index is 842. The van der Waals surface area contributed by atoms with Gasteiger partial charge in [-0.25, -0.2) is 4.98 Å². The van der Waals surface area contributed by atoms with Gasteiger partial charge in [0.25, 0.3) is 5.91 Å². The Kier molecular flexibility index (Phi) is 7.22. The first kappa shape index (κ1) is 21.3. The van der Waals surface area contributed by atoms with Crippen LogP contribution < -0.4 is 10.1 Å². The van der Waals surface area contributed by atoms with Crippen molar-refractivity contribution in [3.63, 3.8) is 0 Å². The fourth-order valence-corrected chi connectivity index (χ4v) is 4.33. The van der Waals surface area contributed by atoms with Crippen LogP contribution >= 0.6 is 11.3 Å². The molecule has 8 heteroatoms. The van der Waals surface area contributed by atoms with E-state index in [1.165, 1.54) is 11.3 Å². The zero-order chi connectivity index (χ0) is 20.8. The number of benzene rings is 1. The average molecular weight is 417 g/mol. The molecule has 2 aromatic rings. The molecule has 156 valence electrons. The van der Waals surface area contributed by atoms with E-state index < -0.39 is 0 Å². The summed E-state index contributed by atoms with van der Waals surface area (Å²) in [5.41, 5.74) is 1.74. The third kappa shape index (κ3) is 5.33. The maximum absolute atomic E-state index is 13.0. The maximum atomic E-state index is 13.0. The van der Waals surface area contributed by atoms with Crippen molar-refractivity contribution in [3.05, 3.63) is 34.8 Å². The fraction of sp³-hybridized carbons (Fsp3) is 0.476. The molecule has 0 saturated carbocycles. The number of ether oxygens (including phenoxy) is 1. The second kappa shape index (κ2) is 9.84. The molecular formula is C21H28N4O3S. The SMILES string of the molecule is CCNC(=O)CN1CCN(C(=O)c2sc(-c3ccc(OCC)cc3)nc2C)CC1. The predicted octanol–water partition coefficient (Wildman–Crippen LogP) is 2.41. The van der Waals surface area contributed by atoms with E-state index in [0.29, 0.717) is 50.8 Å². The summed E-state index contributed by atoms with van der Waals surface area (Å²) in [7, 11) is 0. The Morgan fingerprint density at radius 1 is 1.14 bits per heavy atom. The lowest BCUT2D eigenvalue weighted by molar-refractivity contribution is -0.122. The minimum Gasteiger partial charge on any atom is -0.494 e. The van der Waals surface area contributed by atoms with Gasteiger partial charge in [-0.2, -0.15) is 0 Å². The van der Waals surface area contributed by atoms with Gasteiger partial charge >= 0.3 is 0 Å². The van der Waals surface area contributed by atoms with Crippen LogP contribution in [0.25, 0.3) is 10.6 Å². The highest BCUT2D eigenvalue weighted by Gasteiger charge is 2.26. The molecule has 1 fully saturated rings. The van der Waals surface area contributed by atoms with E-state index in [9.17, 15) is 9.59 Å². The summed E-state index contributed by atoms with van der Waals surface area (Å²) in [6.07, 6.45) is 0. The minimum absolute atomic E-state index is 0.0230. The van der Waals surface area contributed by atoms with E-state index in [-0.39, 0.29) is 11.8 Å². The van der Waals surface area contributed by atoms with Gasteiger partial charge in [-0.1, -0.05) is 0 Å². The zero-order valence-electron chi connectivity index (χ0n) is 17.2. The van der Waals surface area contributed by atoms with Crippen molar-refractivity contribution >= 4 is 23.2 Å². The third-order valence-electron chi connectivity index (χ3n) is 4.80. The topological polar surface area (TPSA) is 74.8 Å². The molecular weight excluding hydrogens is 388 g/mol. The molecule has 0 radical (unpaired) electrons. The lowest BCUT2D eigenvalue weighted by atomic mass is 10.2. The van der Waals surface area contributed by atoms with Crippen LogP contribution in [0.4, 0.5) is 0 Å². The predicted molar refractivity (Wildman–Crippen MR) is 114 cm³/mol. The van der Waals surface area contributed by atoms with Crippen LogP contribution in [0.15, 0.2) is 24.3 Å². The van der Waals surface area contributed by atoms with Crippen molar-refractivity contribution in [2.24, 2.45) is 0 Å². The summed E-state index contributed by atoms with van der Waals surface area (Å²) in [5.74, 6) is 0.881. The molecule has 1 aliphatic rings. The molecule has 0 aliphatic carbocycles. The van der Waals surface area contributed by atoms with Gasteiger partial charge in [-0.15, -0.1) is 11.3 Å². The number of piperazine rings is 1. The van der Waals surface area contributed by atoms with Crippen molar-refractivity contribution in [1.82, 2.24) is 20.1 Å². The van der Waals surface area contributed by atoms with Gasteiger partial charge in [-0.05, 0) is 45.0 Å². The Hall–Kier alpha value is -2.45. The Balaban J connectivity index is 1.62. The van der Waals surface area contributed by atoms with E-state index >= 15 is 0 Å². The molecule has 1 aliphatic heterocycles. The molecule has 3 rings (SSSR count). The summed E-state index contributed by atoms with van der Waals surface area (Å²) in [6, 6.07) is 7.78. The van der Waals surface area contributed by atoms with Crippen LogP contribution in [0.2, 0.25) is 0 Å². The van der Waals surface area contributed by atoms with E-state index in [1.54, 1.807) is 0 Å². The zero-order valence-corrected chi connectivity index (χ0v) is 18.1. The monoisotopic (exact) mass is 416 g/mol. The van der Waals surface area contributed by atoms with E-state index in [2.05, 4.69) is 15.2 Å². The Morgan fingerprint density at radius 3 is 2.45 bits per heavy atom. The van der Waals surface area contributed by atoms with Crippen LogP contribution in [0.5, 0.6) is 5.75 Å². The van der Waals surface area contributed by atoms with Crippen molar-refractivity contribution in [3.8, 4) is 16.3 Å². The number of amides is 2. The molecule has 1 saturated heterocycles.